The van der Waals surface area contributed by atoms with E-state index in [0.29, 0.717) is 11.8 Å². The van der Waals surface area contributed by atoms with E-state index in [9.17, 15) is 4.79 Å². The maximum Gasteiger partial charge on any atom is 0.309 e. The predicted molar refractivity (Wildman–Crippen MR) is 90.0 cm³/mol. The molecule has 0 N–H and O–H groups in total. The minimum Gasteiger partial charge on any atom is -0.460 e. The van der Waals surface area contributed by atoms with E-state index in [2.05, 4.69) is 12.2 Å². The van der Waals surface area contributed by atoms with Crippen LogP contribution < -0.4 is 0 Å². The average Bonchev–Trinajstić information content (AvgIpc) is 2.26. The standard InChI is InChI=1S/C15H24O2.4CH2/c1-15(2,3)17-14(16)13-10-6-8-11-7-4-5-9-12(11)13;;;;/h4,7,11-13H,5-6,8-10H2,1-3H3;4*1H2. The monoisotopic (exact) mass is 292 g/mol. The molecule has 3 atom stereocenters. The van der Waals surface area contributed by atoms with Crippen LogP contribution in [0.1, 0.15) is 52.9 Å². The molecule has 0 aromatic rings. The molecule has 1 saturated carbocycles. The zero-order chi connectivity index (χ0) is 12.5. The van der Waals surface area contributed by atoms with Crippen LogP contribution in [0.4, 0.5) is 0 Å². The van der Waals surface area contributed by atoms with Crippen molar-refractivity contribution in [3.63, 3.8) is 0 Å². The van der Waals surface area contributed by atoms with Crippen molar-refractivity contribution < 1.29 is 9.53 Å². The highest BCUT2D eigenvalue weighted by Gasteiger charge is 2.38. The largest absolute Gasteiger partial charge is 0.460 e. The second kappa shape index (κ2) is 10.0. The van der Waals surface area contributed by atoms with E-state index in [1.807, 2.05) is 20.8 Å². The molecular formula is C19H32O2. The fourth-order valence-corrected chi connectivity index (χ4v) is 3.18. The third kappa shape index (κ3) is 6.67. The molecule has 2 rings (SSSR count). The van der Waals surface area contributed by atoms with E-state index in [-0.39, 0.29) is 47.2 Å². The van der Waals surface area contributed by atoms with Crippen LogP contribution in [-0.2, 0) is 9.53 Å². The molecular weight excluding hydrogens is 260 g/mol. The molecule has 2 nitrogen and oxygen atoms in total. The minimum absolute atomic E-state index is 0. The number of carbonyl (C=O) groups excluding carboxylic acids is 1. The van der Waals surface area contributed by atoms with Gasteiger partial charge in [-0.3, -0.25) is 4.79 Å². The van der Waals surface area contributed by atoms with Gasteiger partial charge in [0, 0.05) is 0 Å². The zero-order valence-corrected chi connectivity index (χ0v) is 14.1. The molecule has 0 aromatic carbocycles. The van der Waals surface area contributed by atoms with Crippen molar-refractivity contribution in [3.8, 4) is 0 Å². The topological polar surface area (TPSA) is 26.3 Å². The minimum atomic E-state index is -0.353. The number of esters is 1. The van der Waals surface area contributed by atoms with Crippen LogP contribution in [-0.4, -0.2) is 11.6 Å². The van der Waals surface area contributed by atoms with Gasteiger partial charge in [-0.15, -0.1) is 0 Å². The molecule has 1 fully saturated rings. The van der Waals surface area contributed by atoms with Crippen LogP contribution in [0.3, 0.4) is 0 Å². The first kappa shape index (κ1) is 25.2. The third-order valence-electron chi connectivity index (χ3n) is 3.88. The Labute approximate surface area is 134 Å². The summed E-state index contributed by atoms with van der Waals surface area (Å²) in [5.74, 6) is 1.32. The first-order chi connectivity index (χ1) is 7.97. The van der Waals surface area contributed by atoms with Crippen LogP contribution >= 0.6 is 0 Å². The Balaban J connectivity index is -0.000000810. The van der Waals surface area contributed by atoms with Crippen molar-refractivity contribution in [2.24, 2.45) is 17.8 Å². The summed E-state index contributed by atoms with van der Waals surface area (Å²) in [6.07, 6.45) is 10.3. The molecule has 120 valence electrons. The number of fused-ring (bicyclic) bond motifs is 1. The molecule has 2 aliphatic carbocycles. The fourth-order valence-electron chi connectivity index (χ4n) is 3.18. The van der Waals surface area contributed by atoms with Gasteiger partial charge in [0.15, 0.2) is 0 Å². The summed E-state index contributed by atoms with van der Waals surface area (Å²) >= 11 is 0. The summed E-state index contributed by atoms with van der Waals surface area (Å²) in [7, 11) is 0. The first-order valence-corrected chi connectivity index (χ1v) is 6.87. The molecule has 2 aliphatic rings. The maximum atomic E-state index is 12.2. The molecule has 0 heterocycles. The van der Waals surface area contributed by atoms with Crippen molar-refractivity contribution in [1.82, 2.24) is 0 Å². The molecule has 0 bridgehead atoms. The lowest BCUT2D eigenvalue weighted by Gasteiger charge is -2.38. The fraction of sp³-hybridized carbons (Fsp3) is 0.632. The smallest absolute Gasteiger partial charge is 0.309 e. The van der Waals surface area contributed by atoms with E-state index >= 15 is 0 Å². The number of rotatable bonds is 1. The van der Waals surface area contributed by atoms with Gasteiger partial charge in [0.25, 0.3) is 0 Å². The Hall–Kier alpha value is -0.790. The van der Waals surface area contributed by atoms with Gasteiger partial charge in [-0.2, -0.15) is 0 Å². The van der Waals surface area contributed by atoms with E-state index in [1.54, 1.807) is 0 Å². The Morgan fingerprint density at radius 3 is 2.24 bits per heavy atom. The summed E-state index contributed by atoms with van der Waals surface area (Å²) in [6.45, 7) is 5.85. The van der Waals surface area contributed by atoms with Crippen LogP contribution in [0.2, 0.25) is 0 Å². The quantitative estimate of drug-likeness (QED) is 0.501. The highest BCUT2D eigenvalue weighted by molar-refractivity contribution is 5.73. The number of allylic oxidation sites excluding steroid dienone is 2. The van der Waals surface area contributed by atoms with E-state index in [4.69, 9.17) is 4.74 Å². The summed E-state index contributed by atoms with van der Waals surface area (Å²) in [5.41, 5.74) is -0.353. The molecule has 3 unspecified atom stereocenters. The molecule has 0 aromatic heterocycles. The van der Waals surface area contributed by atoms with Crippen LogP contribution in [0.15, 0.2) is 12.2 Å². The van der Waals surface area contributed by atoms with E-state index in [1.165, 1.54) is 6.42 Å². The number of hydrogen-bond acceptors (Lipinski definition) is 2. The predicted octanol–water partition coefficient (Wildman–Crippen LogP) is 5.02. The second-order valence-corrected chi connectivity index (χ2v) is 6.40. The lowest BCUT2D eigenvalue weighted by molar-refractivity contribution is -0.164. The highest BCUT2D eigenvalue weighted by Crippen LogP contribution is 2.41. The van der Waals surface area contributed by atoms with Gasteiger partial charge in [0.2, 0.25) is 0 Å². The SMILES string of the molecule is CC(C)(C)OC(=O)C1CCCC2C=CCCC21.[CH2].[CH2].[CH2].[CH2]. The van der Waals surface area contributed by atoms with Gasteiger partial charge in [0.05, 0.1) is 5.92 Å². The molecule has 0 aliphatic heterocycles. The van der Waals surface area contributed by atoms with Crippen molar-refractivity contribution >= 4 is 5.97 Å². The number of carbonyl (C=O) groups is 1. The van der Waals surface area contributed by atoms with E-state index < -0.39 is 0 Å². The summed E-state index contributed by atoms with van der Waals surface area (Å²) in [6, 6.07) is 0. The Morgan fingerprint density at radius 2 is 1.67 bits per heavy atom. The molecule has 0 amide bonds. The maximum absolute atomic E-state index is 12.2. The van der Waals surface area contributed by atoms with Gasteiger partial charge >= 0.3 is 5.97 Å². The average molecular weight is 292 g/mol. The Morgan fingerprint density at radius 1 is 1.05 bits per heavy atom. The number of ether oxygens (including phenoxy) is 1. The van der Waals surface area contributed by atoms with Crippen LogP contribution in [0, 0.1) is 47.5 Å². The third-order valence-corrected chi connectivity index (χ3v) is 3.88. The van der Waals surface area contributed by atoms with Gasteiger partial charge in [0.1, 0.15) is 5.60 Å². The van der Waals surface area contributed by atoms with Gasteiger partial charge in [-0.05, 0) is 58.3 Å². The zero-order valence-electron chi connectivity index (χ0n) is 14.1. The van der Waals surface area contributed by atoms with Crippen molar-refractivity contribution in [2.75, 3.05) is 0 Å². The summed E-state index contributed by atoms with van der Waals surface area (Å²) in [4.78, 5) is 12.2. The van der Waals surface area contributed by atoms with E-state index in [0.717, 1.165) is 25.7 Å². The van der Waals surface area contributed by atoms with Gasteiger partial charge < -0.3 is 4.74 Å². The van der Waals surface area contributed by atoms with Crippen LogP contribution in [0.5, 0.6) is 0 Å². The van der Waals surface area contributed by atoms with Crippen molar-refractivity contribution in [1.29, 1.82) is 0 Å². The van der Waals surface area contributed by atoms with Crippen LogP contribution in [0.25, 0.3) is 0 Å². The Kier molecular flexibility index (Phi) is 12.0. The summed E-state index contributed by atoms with van der Waals surface area (Å²) < 4.78 is 5.56. The highest BCUT2D eigenvalue weighted by atomic mass is 16.6. The Bertz CT molecular complexity index is 312. The normalized spacial score (nSPS) is 26.7. The second-order valence-electron chi connectivity index (χ2n) is 6.40. The number of hydrogen-bond donors (Lipinski definition) is 0. The summed E-state index contributed by atoms with van der Waals surface area (Å²) in [5, 5.41) is 0. The molecule has 8 radical (unpaired) electrons. The van der Waals surface area contributed by atoms with Gasteiger partial charge in [-0.1, -0.05) is 48.3 Å². The lowest BCUT2D eigenvalue weighted by Crippen LogP contribution is -2.38. The molecule has 0 saturated heterocycles. The molecule has 2 heteroatoms. The lowest BCUT2D eigenvalue weighted by atomic mass is 9.68. The van der Waals surface area contributed by atoms with Gasteiger partial charge in [-0.25, -0.2) is 0 Å². The van der Waals surface area contributed by atoms with Crippen molar-refractivity contribution in [2.45, 2.75) is 58.5 Å². The molecule has 0 spiro atoms. The van der Waals surface area contributed by atoms with Crippen molar-refractivity contribution in [3.05, 3.63) is 41.9 Å². The molecule has 21 heavy (non-hydrogen) atoms. The first-order valence-electron chi connectivity index (χ1n) is 6.87.